The van der Waals surface area contributed by atoms with E-state index in [9.17, 15) is 5.11 Å². The Balaban J connectivity index is 2.05. The summed E-state index contributed by atoms with van der Waals surface area (Å²) in [7, 11) is 0. The first kappa shape index (κ1) is 11.8. The Morgan fingerprint density at radius 2 is 2.06 bits per heavy atom. The summed E-state index contributed by atoms with van der Waals surface area (Å²) in [4.78, 5) is 1.22. The van der Waals surface area contributed by atoms with Crippen molar-refractivity contribution >= 4 is 17.4 Å². The van der Waals surface area contributed by atoms with Gasteiger partial charge in [-0.15, -0.1) is 11.8 Å². The zero-order valence-electron chi connectivity index (χ0n) is 9.65. The van der Waals surface area contributed by atoms with E-state index in [0.29, 0.717) is 5.25 Å². The monoisotopic (exact) mass is 237 g/mol. The van der Waals surface area contributed by atoms with Crippen LogP contribution in [0.25, 0.3) is 0 Å². The molecule has 3 heteroatoms. The highest BCUT2D eigenvalue weighted by atomic mass is 32.2. The average molecular weight is 237 g/mol. The number of hydrogen-bond donors (Lipinski definition) is 2. The van der Waals surface area contributed by atoms with Gasteiger partial charge in [0.05, 0.1) is 6.10 Å². The number of aliphatic hydroxyl groups is 1. The topological polar surface area (TPSA) is 46.2 Å². The third-order valence-electron chi connectivity index (χ3n) is 3.20. The van der Waals surface area contributed by atoms with Crippen LogP contribution in [0.1, 0.15) is 31.2 Å². The summed E-state index contributed by atoms with van der Waals surface area (Å²) in [5.74, 6) is 0. The molecule has 0 amide bonds. The quantitative estimate of drug-likeness (QED) is 0.777. The molecular formula is C13H19NOS. The van der Waals surface area contributed by atoms with Gasteiger partial charge >= 0.3 is 0 Å². The molecule has 1 aromatic carbocycles. The second kappa shape index (κ2) is 5.11. The average Bonchev–Trinajstić information content (AvgIpc) is 2.27. The maximum atomic E-state index is 9.91. The molecule has 2 atom stereocenters. The molecule has 1 fully saturated rings. The van der Waals surface area contributed by atoms with E-state index in [1.807, 2.05) is 19.1 Å². The van der Waals surface area contributed by atoms with Crippen molar-refractivity contribution in [2.45, 2.75) is 48.9 Å². The molecule has 1 aliphatic carbocycles. The first-order valence-corrected chi connectivity index (χ1v) is 6.75. The highest BCUT2D eigenvalue weighted by molar-refractivity contribution is 8.00. The zero-order chi connectivity index (χ0) is 11.5. The summed E-state index contributed by atoms with van der Waals surface area (Å²) in [6.07, 6.45) is 4.33. The van der Waals surface area contributed by atoms with E-state index in [1.54, 1.807) is 11.8 Å². The van der Waals surface area contributed by atoms with E-state index in [2.05, 4.69) is 6.07 Å². The van der Waals surface area contributed by atoms with Gasteiger partial charge in [0.25, 0.3) is 0 Å². The van der Waals surface area contributed by atoms with Crippen LogP contribution in [-0.2, 0) is 0 Å². The van der Waals surface area contributed by atoms with Gasteiger partial charge in [-0.2, -0.15) is 0 Å². The Morgan fingerprint density at radius 1 is 1.31 bits per heavy atom. The molecule has 0 aromatic heterocycles. The number of anilines is 1. The predicted molar refractivity (Wildman–Crippen MR) is 69.7 cm³/mol. The van der Waals surface area contributed by atoms with Crippen LogP contribution in [0.5, 0.6) is 0 Å². The van der Waals surface area contributed by atoms with E-state index in [1.165, 1.54) is 17.7 Å². The van der Waals surface area contributed by atoms with Crippen LogP contribution in [0.3, 0.4) is 0 Å². The molecular weight excluding hydrogens is 218 g/mol. The fraction of sp³-hybridized carbons (Fsp3) is 0.538. The van der Waals surface area contributed by atoms with Crippen molar-refractivity contribution in [1.82, 2.24) is 0 Å². The first-order chi connectivity index (χ1) is 7.66. The summed E-state index contributed by atoms with van der Waals surface area (Å²) >= 11 is 1.79. The largest absolute Gasteiger partial charge is 0.399 e. The number of aliphatic hydroxyl groups excluding tert-OH is 1. The van der Waals surface area contributed by atoms with Crippen LogP contribution in [0.15, 0.2) is 23.1 Å². The molecule has 1 aliphatic rings. The van der Waals surface area contributed by atoms with Crippen molar-refractivity contribution in [2.24, 2.45) is 0 Å². The summed E-state index contributed by atoms with van der Waals surface area (Å²) in [6.45, 7) is 2.02. The molecule has 2 nitrogen and oxygen atoms in total. The number of aryl methyl sites for hydroxylation is 1. The van der Waals surface area contributed by atoms with Gasteiger partial charge in [-0.25, -0.2) is 0 Å². The third-order valence-corrected chi connectivity index (χ3v) is 4.58. The summed E-state index contributed by atoms with van der Waals surface area (Å²) in [6, 6.07) is 6.11. The van der Waals surface area contributed by atoms with Gasteiger partial charge in [0.2, 0.25) is 0 Å². The summed E-state index contributed by atoms with van der Waals surface area (Å²) < 4.78 is 0. The van der Waals surface area contributed by atoms with Crippen LogP contribution in [0.2, 0.25) is 0 Å². The van der Waals surface area contributed by atoms with Crippen molar-refractivity contribution in [3.63, 3.8) is 0 Å². The van der Waals surface area contributed by atoms with Gasteiger partial charge in [-0.3, -0.25) is 0 Å². The molecule has 0 saturated heterocycles. The van der Waals surface area contributed by atoms with Crippen molar-refractivity contribution in [1.29, 1.82) is 0 Å². The second-order valence-corrected chi connectivity index (χ2v) is 5.84. The molecule has 3 N–H and O–H groups in total. The van der Waals surface area contributed by atoms with Crippen molar-refractivity contribution in [3.8, 4) is 0 Å². The van der Waals surface area contributed by atoms with Crippen LogP contribution in [0, 0.1) is 6.92 Å². The van der Waals surface area contributed by atoms with Gasteiger partial charge in [0.1, 0.15) is 0 Å². The van der Waals surface area contributed by atoms with Gasteiger partial charge in [0.15, 0.2) is 0 Å². The van der Waals surface area contributed by atoms with Gasteiger partial charge in [-0.1, -0.05) is 12.8 Å². The van der Waals surface area contributed by atoms with Crippen molar-refractivity contribution < 1.29 is 5.11 Å². The Labute approximate surface area is 101 Å². The molecule has 0 radical (unpaired) electrons. The lowest BCUT2D eigenvalue weighted by molar-refractivity contribution is 0.137. The van der Waals surface area contributed by atoms with Crippen molar-refractivity contribution in [2.75, 3.05) is 5.73 Å². The van der Waals surface area contributed by atoms with E-state index in [-0.39, 0.29) is 6.10 Å². The second-order valence-electron chi connectivity index (χ2n) is 4.53. The number of nitrogens with two attached hydrogens (primary N) is 1. The van der Waals surface area contributed by atoms with Gasteiger partial charge < -0.3 is 10.8 Å². The third kappa shape index (κ3) is 2.71. The van der Waals surface area contributed by atoms with Gasteiger partial charge in [0, 0.05) is 15.8 Å². The highest BCUT2D eigenvalue weighted by Gasteiger charge is 2.23. The van der Waals surface area contributed by atoms with E-state index >= 15 is 0 Å². The number of thioether (sulfide) groups is 1. The normalized spacial score (nSPS) is 25.6. The molecule has 88 valence electrons. The number of hydrogen-bond acceptors (Lipinski definition) is 3. The van der Waals surface area contributed by atoms with Crippen LogP contribution < -0.4 is 5.73 Å². The number of nitrogen functional groups attached to an aromatic ring is 1. The molecule has 0 bridgehead atoms. The molecule has 2 unspecified atom stereocenters. The minimum Gasteiger partial charge on any atom is -0.399 e. The Morgan fingerprint density at radius 3 is 2.75 bits per heavy atom. The Bertz CT molecular complexity index is 367. The molecule has 0 aliphatic heterocycles. The molecule has 1 aromatic rings. The molecule has 2 rings (SSSR count). The van der Waals surface area contributed by atoms with Crippen LogP contribution >= 0.6 is 11.8 Å². The molecule has 16 heavy (non-hydrogen) atoms. The van der Waals surface area contributed by atoms with E-state index in [4.69, 9.17) is 5.73 Å². The van der Waals surface area contributed by atoms with Gasteiger partial charge in [-0.05, 0) is 43.5 Å². The number of rotatable bonds is 2. The summed E-state index contributed by atoms with van der Waals surface area (Å²) in [5.41, 5.74) is 7.75. The van der Waals surface area contributed by atoms with Crippen LogP contribution in [0.4, 0.5) is 5.69 Å². The molecule has 1 saturated carbocycles. The minimum absolute atomic E-state index is 0.142. The fourth-order valence-electron chi connectivity index (χ4n) is 2.11. The lowest BCUT2D eigenvalue weighted by atomic mass is 9.97. The van der Waals surface area contributed by atoms with E-state index < -0.39 is 0 Å². The first-order valence-electron chi connectivity index (χ1n) is 5.87. The lowest BCUT2D eigenvalue weighted by Gasteiger charge is -2.27. The lowest BCUT2D eigenvalue weighted by Crippen LogP contribution is -2.26. The number of benzene rings is 1. The molecule has 0 heterocycles. The summed E-state index contributed by atoms with van der Waals surface area (Å²) in [5, 5.41) is 10.3. The Kier molecular flexibility index (Phi) is 3.77. The minimum atomic E-state index is -0.142. The predicted octanol–water partition coefficient (Wildman–Crippen LogP) is 2.97. The maximum Gasteiger partial charge on any atom is 0.0662 e. The SMILES string of the molecule is Cc1cc(SC2CCCCC2O)ccc1N. The molecule has 0 spiro atoms. The van der Waals surface area contributed by atoms with E-state index in [0.717, 1.165) is 24.1 Å². The Hall–Kier alpha value is -0.670. The zero-order valence-corrected chi connectivity index (χ0v) is 10.5. The standard InChI is InChI=1S/C13H19NOS/c1-9-8-10(6-7-11(9)14)16-13-5-3-2-4-12(13)15/h6-8,12-13,15H,2-5,14H2,1H3. The van der Waals surface area contributed by atoms with Crippen molar-refractivity contribution in [3.05, 3.63) is 23.8 Å². The van der Waals surface area contributed by atoms with Crippen LogP contribution in [-0.4, -0.2) is 16.5 Å². The highest BCUT2D eigenvalue weighted by Crippen LogP contribution is 2.34. The smallest absolute Gasteiger partial charge is 0.0662 e. The fourth-order valence-corrected chi connectivity index (χ4v) is 3.43. The maximum absolute atomic E-state index is 9.91.